The number of nitrogens with one attached hydrogen (secondary N) is 5. The van der Waals surface area contributed by atoms with E-state index < -0.39 is 213 Å². The van der Waals surface area contributed by atoms with Crippen LogP contribution in [0, 0.1) is 13.8 Å². The molecule has 19 atom stereocenters. The van der Waals surface area contributed by atoms with E-state index in [9.17, 15) is 83.4 Å². The lowest BCUT2D eigenvalue weighted by molar-refractivity contribution is -0.306. The third-order valence-electron chi connectivity index (χ3n) is 17.0. The summed E-state index contributed by atoms with van der Waals surface area (Å²) in [6.07, 6.45) is -18.9. The van der Waals surface area contributed by atoms with Gasteiger partial charge in [-0.15, -0.1) is 5.10 Å². The molecule has 3 saturated heterocycles. The predicted octanol–water partition coefficient (Wildman–Crippen LogP) is -14.6. The minimum atomic E-state index is -1.80. The Balaban J connectivity index is 0.991. The number of rotatable bonds is 32. The highest BCUT2D eigenvalue weighted by Gasteiger charge is 2.55. The van der Waals surface area contributed by atoms with Gasteiger partial charge in [-0.2, -0.15) is 0 Å². The van der Waals surface area contributed by atoms with Crippen LogP contribution in [0.15, 0.2) is 37.8 Å². The monoisotopic (exact) mass is 1410 g/mol. The van der Waals surface area contributed by atoms with Crippen molar-refractivity contribution in [3.63, 3.8) is 0 Å². The van der Waals surface area contributed by atoms with Gasteiger partial charge in [0, 0.05) is 114 Å². The molecule has 6 heterocycles. The Morgan fingerprint density at radius 1 is 0.586 bits per heavy atom. The normalized spacial score (nSPS) is 29.1. The Morgan fingerprint density at radius 2 is 1.04 bits per heavy atom. The maximum Gasteiger partial charge on any atom is 0.328 e. The van der Waals surface area contributed by atoms with Crippen LogP contribution in [0.2, 0.25) is 0 Å². The van der Waals surface area contributed by atoms with E-state index in [0.717, 1.165) is 36.2 Å². The number of aromatic amines is 2. The molecule has 3 aromatic rings. The van der Waals surface area contributed by atoms with Gasteiger partial charge in [0.2, 0.25) is 41.4 Å². The van der Waals surface area contributed by atoms with E-state index in [-0.39, 0.29) is 95.0 Å². The fourth-order valence-electron chi connectivity index (χ4n) is 11.4. The number of aromatic nitrogens is 7. The first-order valence-electron chi connectivity index (χ1n) is 31.6. The number of carbonyl (C=O) groups excluding carboxylic acids is 7. The van der Waals surface area contributed by atoms with E-state index in [1.54, 1.807) is 0 Å². The molecule has 43 heteroatoms. The minimum Gasteiger partial charge on any atom is -0.389 e. The highest BCUT2D eigenvalue weighted by molar-refractivity contribution is 5.86. The van der Waals surface area contributed by atoms with Crippen molar-refractivity contribution in [2.45, 2.75) is 176 Å². The molecule has 43 nitrogen and oxygen atoms in total. The quantitative estimate of drug-likeness (QED) is 0.0276. The molecule has 7 amide bonds. The van der Waals surface area contributed by atoms with E-state index in [1.165, 1.54) is 31.6 Å². The van der Waals surface area contributed by atoms with Crippen molar-refractivity contribution in [2.24, 2.45) is 40.1 Å². The van der Waals surface area contributed by atoms with E-state index in [1.807, 2.05) is 0 Å². The molecule has 3 aliphatic heterocycles. The molecular formula is C56H90N20O23. The number of H-pyrrole nitrogens is 2. The predicted molar refractivity (Wildman–Crippen MR) is 335 cm³/mol. The van der Waals surface area contributed by atoms with Gasteiger partial charge in [0.25, 0.3) is 11.1 Å². The molecule has 7 rings (SSSR count). The summed E-state index contributed by atoms with van der Waals surface area (Å²) >= 11 is 0. The molecule has 0 spiro atoms. The molecule has 0 aromatic carbocycles. The molecule has 3 aromatic heterocycles. The second-order valence-electron chi connectivity index (χ2n) is 24.5. The van der Waals surface area contributed by atoms with Crippen LogP contribution in [0.25, 0.3) is 0 Å². The number of hydrogen-bond donors (Lipinski definition) is 18. The summed E-state index contributed by atoms with van der Waals surface area (Å²) in [5.74, 6) is -5.22. The van der Waals surface area contributed by atoms with Gasteiger partial charge in [-0.1, -0.05) is 5.21 Å². The van der Waals surface area contributed by atoms with Crippen LogP contribution in [0.3, 0.4) is 0 Å². The Hall–Kier alpha value is -7.93. The highest BCUT2D eigenvalue weighted by Crippen LogP contribution is 2.35. The summed E-state index contributed by atoms with van der Waals surface area (Å²) in [4.78, 5) is 148. The lowest BCUT2D eigenvalue weighted by Crippen LogP contribution is -2.68. The summed E-state index contributed by atoms with van der Waals surface area (Å²) < 4.78 is 39.5. The minimum absolute atomic E-state index is 0.0263. The number of carbonyl (C=O) groups is 7. The average Bonchev–Trinajstić information content (AvgIpc) is 1.73. The van der Waals surface area contributed by atoms with Gasteiger partial charge in [-0.05, 0) is 20.3 Å². The number of aliphatic hydroxyl groups is 6. The fraction of sp³-hybridized carbons (Fsp3) is 0.696. The number of aryl methyl sites for hydroxylation is 3. The van der Waals surface area contributed by atoms with Crippen molar-refractivity contribution in [1.82, 2.24) is 64.7 Å². The third-order valence-corrected chi connectivity index (χ3v) is 17.0. The highest BCUT2D eigenvalue weighted by atomic mass is 16.8. The lowest BCUT2D eigenvalue weighted by Gasteiger charge is -2.47. The fourth-order valence-corrected chi connectivity index (χ4v) is 11.4. The van der Waals surface area contributed by atoms with Crippen LogP contribution >= 0.6 is 0 Å². The first-order chi connectivity index (χ1) is 46.8. The van der Waals surface area contributed by atoms with Crippen molar-refractivity contribution in [1.29, 1.82) is 0 Å². The average molecular weight is 1410 g/mol. The van der Waals surface area contributed by atoms with Gasteiger partial charge in [-0.3, -0.25) is 62.3 Å². The second kappa shape index (κ2) is 35.4. The van der Waals surface area contributed by atoms with E-state index in [0.29, 0.717) is 0 Å². The standard InChI is InChI=1S/C56H90N20O23/c1-24-15-74(55(92)67-50(24)90)22-37(82)72(9-6-64-26(3)77)20-34(79)66-8-11-73(38(83)23-75-16-25(2)51(91)68-56(75)93)21-35(80)65-7-10-71(19-33(61)78)36(81)5-4-27-17-76(70-69-27)18-32-48(98-53-40(63)45(88)43(86)31(14-58)95-53)46(89)54(96-32)99-49-41(84)28(59)12-29(60)47(49)97-52-39(62)44(87)42(85)30(13-57)94-52/h15-17,28-32,39-49,52-54,84-89H,4-14,18-23,57-60,62-63H2,1-3H3,(H2,61,78)(H,64,77)(H,65,80)(H,66,79)(H,67,90,92)(H,68,91,93)/t28-,29+,30-,31+,32-,39-,40-,41+,42-,43-,44-,45-,46-,47-,48-,49-,52-,53-,54+/m1/s1. The van der Waals surface area contributed by atoms with Crippen molar-refractivity contribution < 1.29 is 92.6 Å². The topological polar surface area (TPSA) is 665 Å². The first-order valence-corrected chi connectivity index (χ1v) is 31.6. The van der Waals surface area contributed by atoms with Gasteiger partial charge >= 0.3 is 11.4 Å². The maximum atomic E-state index is 13.8. The molecule has 99 heavy (non-hydrogen) atoms. The largest absolute Gasteiger partial charge is 0.389 e. The summed E-state index contributed by atoms with van der Waals surface area (Å²) in [5.41, 5.74) is 39.6. The van der Waals surface area contributed by atoms with Crippen LogP contribution in [-0.4, -0.2) is 309 Å². The summed E-state index contributed by atoms with van der Waals surface area (Å²) in [6, 6.07) is -4.78. The number of ether oxygens (including phenoxy) is 6. The third kappa shape index (κ3) is 20.6. The van der Waals surface area contributed by atoms with Crippen molar-refractivity contribution in [3.05, 3.63) is 77.1 Å². The molecule has 1 saturated carbocycles. The SMILES string of the molecule is CC(=O)NCCN(CC(=O)NCCN(CC(=O)NCCN(CC(N)=O)C(=O)CCc1cn(C[C@H]2O[C@@H](O[C@@H]3[C@@H](O)[C@H](N)C[C@H](N)[C@H]3O[C@H]3O[C@H](CN)[C@@H](O)[C@H](O)[C@H]3N)[C@H](O)[C@@H]2O[C@H]2O[C@@H](CN)[C@@H](O)[C@H](O)[C@H]2N)nn1)C(=O)Cn1cc(C)c(=O)[nH]c1=O)C(=O)Cn1cc(C)c(=O)[nH]c1=O. The van der Waals surface area contributed by atoms with Crippen LogP contribution < -0.4 is 78.6 Å². The van der Waals surface area contributed by atoms with Crippen molar-refractivity contribution >= 4 is 41.4 Å². The summed E-state index contributed by atoms with van der Waals surface area (Å²) in [6.45, 7) is -1.69. The number of nitrogens with two attached hydrogens (primary N) is 7. The Bertz CT molecular complexity index is 3530. The van der Waals surface area contributed by atoms with Gasteiger partial charge in [0.15, 0.2) is 18.9 Å². The number of aliphatic hydroxyl groups excluding tert-OH is 6. The van der Waals surface area contributed by atoms with Gasteiger partial charge in [-0.25, -0.2) is 14.3 Å². The molecule has 552 valence electrons. The molecule has 0 radical (unpaired) electrons. The number of nitrogens with zero attached hydrogens (tertiary/aromatic N) is 8. The Kier molecular flexibility index (Phi) is 28.0. The number of primary amides is 1. The van der Waals surface area contributed by atoms with Crippen LogP contribution in [0.4, 0.5) is 0 Å². The molecule has 25 N–H and O–H groups in total. The second-order valence-corrected chi connectivity index (χ2v) is 24.5. The van der Waals surface area contributed by atoms with Crippen LogP contribution in [0.5, 0.6) is 0 Å². The molecule has 4 aliphatic rings. The zero-order valence-electron chi connectivity index (χ0n) is 54.5. The van der Waals surface area contributed by atoms with Crippen LogP contribution in [0.1, 0.15) is 36.6 Å². The molecule has 0 unspecified atom stereocenters. The number of amides is 7. The van der Waals surface area contributed by atoms with E-state index in [4.69, 9.17) is 68.6 Å². The van der Waals surface area contributed by atoms with Crippen molar-refractivity contribution in [2.75, 3.05) is 72.0 Å². The maximum absolute atomic E-state index is 13.8. The Morgan fingerprint density at radius 3 is 1.52 bits per heavy atom. The molecule has 0 bridgehead atoms. The van der Waals surface area contributed by atoms with Crippen LogP contribution in [-0.2, 0) is 88.0 Å². The Labute approximate surface area is 562 Å². The zero-order valence-corrected chi connectivity index (χ0v) is 54.5. The molecule has 1 aliphatic carbocycles. The lowest BCUT2D eigenvalue weighted by atomic mass is 9.84. The summed E-state index contributed by atoms with van der Waals surface area (Å²) in [7, 11) is 0. The summed E-state index contributed by atoms with van der Waals surface area (Å²) in [5, 5.41) is 82.0. The van der Waals surface area contributed by atoms with Crippen molar-refractivity contribution in [3.8, 4) is 0 Å². The van der Waals surface area contributed by atoms with E-state index >= 15 is 0 Å². The van der Waals surface area contributed by atoms with Gasteiger partial charge in [0.05, 0.1) is 50.1 Å². The smallest absolute Gasteiger partial charge is 0.328 e. The first kappa shape index (κ1) is 78.4. The number of hydrogen-bond acceptors (Lipinski definition) is 31. The zero-order chi connectivity index (χ0) is 72.9. The molecule has 4 fully saturated rings. The van der Waals surface area contributed by atoms with Gasteiger partial charge < -0.3 is 130 Å². The van der Waals surface area contributed by atoms with E-state index in [2.05, 4.69) is 36.2 Å². The molecular weight excluding hydrogens is 1320 g/mol. The van der Waals surface area contributed by atoms with Gasteiger partial charge in [0.1, 0.15) is 80.2 Å².